The van der Waals surface area contributed by atoms with Crippen molar-refractivity contribution in [3.8, 4) is 0 Å². The van der Waals surface area contributed by atoms with Crippen LogP contribution < -0.4 is 5.32 Å². The Morgan fingerprint density at radius 2 is 1.83 bits per heavy atom. The van der Waals surface area contributed by atoms with Gasteiger partial charge in [0.2, 0.25) is 15.9 Å². The van der Waals surface area contributed by atoms with Crippen molar-refractivity contribution in [1.82, 2.24) is 14.5 Å². The van der Waals surface area contributed by atoms with Crippen LogP contribution in [0, 0.1) is 5.82 Å². The highest BCUT2D eigenvalue weighted by atomic mass is 32.2. The topological polar surface area (TPSA) is 69.7 Å². The predicted octanol–water partition coefficient (Wildman–Crippen LogP) is 2.70. The highest BCUT2D eigenvalue weighted by Gasteiger charge is 2.40. The van der Waals surface area contributed by atoms with Gasteiger partial charge < -0.3 is 5.32 Å². The summed E-state index contributed by atoms with van der Waals surface area (Å²) in [4.78, 5) is 15.0. The highest BCUT2D eigenvalue weighted by molar-refractivity contribution is 7.99. The molecule has 2 aliphatic rings. The Morgan fingerprint density at radius 1 is 1.20 bits per heavy atom. The number of carbonyl (C=O) groups is 1. The van der Waals surface area contributed by atoms with E-state index in [1.807, 2.05) is 11.8 Å². The molecule has 1 N–H and O–H groups in total. The molecule has 0 unspecified atom stereocenters. The largest absolute Gasteiger partial charge is 0.354 e. The van der Waals surface area contributed by atoms with Crippen molar-refractivity contribution < 1.29 is 17.6 Å². The molecule has 1 heterocycles. The second-order valence-corrected chi connectivity index (χ2v) is 11.5. The molecule has 1 saturated carbocycles. The number of amides is 1. The molecule has 0 bridgehead atoms. The Bertz CT molecular complexity index is 805. The number of rotatable bonds is 9. The molecule has 0 aromatic heterocycles. The SMILES string of the molecule is CN(CCCC(=O)NCC1(N2CCSCC2)CCCC1)S(=O)(=O)c1ccc(F)cc1. The van der Waals surface area contributed by atoms with Gasteiger partial charge in [-0.05, 0) is 43.5 Å². The van der Waals surface area contributed by atoms with Gasteiger partial charge in [-0.3, -0.25) is 9.69 Å². The number of sulfonamides is 1. The van der Waals surface area contributed by atoms with E-state index in [0.29, 0.717) is 13.0 Å². The van der Waals surface area contributed by atoms with Gasteiger partial charge in [0.25, 0.3) is 0 Å². The number of carbonyl (C=O) groups excluding carboxylic acids is 1. The van der Waals surface area contributed by atoms with Gasteiger partial charge >= 0.3 is 0 Å². The van der Waals surface area contributed by atoms with Crippen LogP contribution in [0.25, 0.3) is 0 Å². The molecule has 9 heteroatoms. The third kappa shape index (κ3) is 5.75. The molecule has 30 heavy (non-hydrogen) atoms. The van der Waals surface area contributed by atoms with Crippen LogP contribution in [0.15, 0.2) is 29.2 Å². The average molecular weight is 458 g/mol. The summed E-state index contributed by atoms with van der Waals surface area (Å²) in [6, 6.07) is 4.78. The first-order chi connectivity index (χ1) is 14.3. The lowest BCUT2D eigenvalue weighted by atomic mass is 9.94. The summed E-state index contributed by atoms with van der Waals surface area (Å²) in [6.07, 6.45) is 5.43. The maximum absolute atomic E-state index is 13.0. The molecule has 0 radical (unpaired) electrons. The third-order valence-corrected chi connectivity index (χ3v) is 9.04. The van der Waals surface area contributed by atoms with Crippen molar-refractivity contribution in [2.24, 2.45) is 0 Å². The smallest absolute Gasteiger partial charge is 0.242 e. The molecule has 1 saturated heterocycles. The first-order valence-electron chi connectivity index (χ1n) is 10.6. The molecular formula is C21H32FN3O3S2. The zero-order valence-corrected chi connectivity index (χ0v) is 19.2. The number of nitrogens with zero attached hydrogens (tertiary/aromatic N) is 2. The fraction of sp³-hybridized carbons (Fsp3) is 0.667. The summed E-state index contributed by atoms with van der Waals surface area (Å²) in [5.74, 6) is 1.81. The van der Waals surface area contributed by atoms with Gasteiger partial charge in [-0.1, -0.05) is 12.8 Å². The third-order valence-electron chi connectivity index (χ3n) is 6.23. The minimum Gasteiger partial charge on any atom is -0.354 e. The first-order valence-corrected chi connectivity index (χ1v) is 13.2. The number of benzene rings is 1. The molecule has 168 valence electrons. The summed E-state index contributed by atoms with van der Waals surface area (Å²) < 4.78 is 39.3. The van der Waals surface area contributed by atoms with Gasteiger partial charge in [-0.2, -0.15) is 11.8 Å². The van der Waals surface area contributed by atoms with E-state index in [4.69, 9.17) is 0 Å². The van der Waals surface area contributed by atoms with E-state index in [2.05, 4.69) is 10.2 Å². The molecule has 0 atom stereocenters. The fourth-order valence-electron chi connectivity index (χ4n) is 4.40. The van der Waals surface area contributed by atoms with Crippen LogP contribution >= 0.6 is 11.8 Å². The van der Waals surface area contributed by atoms with Crippen molar-refractivity contribution >= 4 is 27.7 Å². The summed E-state index contributed by atoms with van der Waals surface area (Å²) in [6.45, 7) is 3.10. The van der Waals surface area contributed by atoms with Gasteiger partial charge in [-0.25, -0.2) is 17.1 Å². The molecular weight excluding hydrogens is 425 g/mol. The molecule has 1 aromatic carbocycles. The van der Waals surface area contributed by atoms with Crippen molar-refractivity contribution in [3.63, 3.8) is 0 Å². The van der Waals surface area contributed by atoms with E-state index in [0.717, 1.165) is 49.6 Å². The number of hydrogen-bond acceptors (Lipinski definition) is 5. The van der Waals surface area contributed by atoms with Crippen molar-refractivity contribution in [2.45, 2.75) is 49.0 Å². The van der Waals surface area contributed by atoms with Crippen LogP contribution in [0.5, 0.6) is 0 Å². The van der Waals surface area contributed by atoms with Crippen LogP contribution in [0.4, 0.5) is 4.39 Å². The van der Waals surface area contributed by atoms with Crippen LogP contribution in [0.1, 0.15) is 38.5 Å². The van der Waals surface area contributed by atoms with Crippen molar-refractivity contribution in [1.29, 1.82) is 0 Å². The van der Waals surface area contributed by atoms with Gasteiger partial charge in [0, 0.05) is 56.7 Å². The van der Waals surface area contributed by atoms with Crippen molar-refractivity contribution in [3.05, 3.63) is 30.1 Å². The lowest BCUT2D eigenvalue weighted by Crippen LogP contribution is -2.56. The minimum absolute atomic E-state index is 0.0276. The van der Waals surface area contributed by atoms with Crippen LogP contribution in [-0.2, 0) is 14.8 Å². The second kappa shape index (κ2) is 10.4. The Labute approximate surface area is 183 Å². The number of nitrogens with one attached hydrogen (secondary N) is 1. The van der Waals surface area contributed by atoms with E-state index in [1.54, 1.807) is 0 Å². The number of hydrogen-bond donors (Lipinski definition) is 1. The maximum atomic E-state index is 13.0. The molecule has 1 aliphatic heterocycles. The molecule has 1 aromatic rings. The van der Waals surface area contributed by atoms with E-state index >= 15 is 0 Å². The minimum atomic E-state index is -3.68. The van der Waals surface area contributed by atoms with Gasteiger partial charge in [0.05, 0.1) is 4.90 Å². The lowest BCUT2D eigenvalue weighted by molar-refractivity contribution is -0.121. The van der Waals surface area contributed by atoms with Crippen LogP contribution in [0.2, 0.25) is 0 Å². The average Bonchev–Trinajstić information content (AvgIpc) is 3.23. The maximum Gasteiger partial charge on any atom is 0.242 e. The Hall–Kier alpha value is -1.16. The summed E-state index contributed by atoms with van der Waals surface area (Å²) in [5.41, 5.74) is 0.0966. The number of halogens is 1. The quantitative estimate of drug-likeness (QED) is 0.618. The Kier molecular flexibility index (Phi) is 8.17. The zero-order chi connectivity index (χ0) is 21.6. The highest BCUT2D eigenvalue weighted by Crippen LogP contribution is 2.36. The summed E-state index contributed by atoms with van der Waals surface area (Å²) in [5, 5.41) is 3.12. The second-order valence-electron chi connectivity index (χ2n) is 8.19. The van der Waals surface area contributed by atoms with Crippen molar-refractivity contribution in [2.75, 3.05) is 44.7 Å². The Morgan fingerprint density at radius 3 is 2.47 bits per heavy atom. The molecule has 2 fully saturated rings. The van der Waals surface area contributed by atoms with E-state index in [9.17, 15) is 17.6 Å². The number of thioether (sulfide) groups is 1. The molecule has 1 aliphatic carbocycles. The van der Waals surface area contributed by atoms with E-state index < -0.39 is 15.8 Å². The Balaban J connectivity index is 1.45. The standard InChI is InChI=1S/C21H32FN3O3S2/c1-24(30(27,28)19-8-6-18(22)7-9-19)12-4-5-20(26)23-17-21(10-2-3-11-21)25-13-15-29-16-14-25/h6-9H,2-5,10-17H2,1H3,(H,23,26). The fourth-order valence-corrected chi connectivity index (χ4v) is 6.51. The van der Waals surface area contributed by atoms with E-state index in [-0.39, 0.29) is 29.3 Å². The van der Waals surface area contributed by atoms with E-state index in [1.165, 1.54) is 36.3 Å². The van der Waals surface area contributed by atoms with Crippen LogP contribution in [0.3, 0.4) is 0 Å². The zero-order valence-electron chi connectivity index (χ0n) is 17.6. The monoisotopic (exact) mass is 457 g/mol. The van der Waals surface area contributed by atoms with Crippen LogP contribution in [-0.4, -0.2) is 73.8 Å². The molecule has 1 amide bonds. The van der Waals surface area contributed by atoms with Gasteiger partial charge in [0.1, 0.15) is 5.82 Å². The van der Waals surface area contributed by atoms with Gasteiger partial charge in [-0.15, -0.1) is 0 Å². The first kappa shape index (κ1) is 23.5. The predicted molar refractivity (Wildman–Crippen MR) is 119 cm³/mol. The molecule has 3 rings (SSSR count). The molecule has 0 spiro atoms. The molecule has 6 nitrogen and oxygen atoms in total. The normalized spacial score (nSPS) is 19.8. The lowest BCUT2D eigenvalue weighted by Gasteiger charge is -2.43. The summed E-state index contributed by atoms with van der Waals surface area (Å²) >= 11 is 1.99. The van der Waals surface area contributed by atoms with Gasteiger partial charge in [0.15, 0.2) is 0 Å². The summed E-state index contributed by atoms with van der Waals surface area (Å²) in [7, 11) is -2.19.